The van der Waals surface area contributed by atoms with Gasteiger partial charge in [0.15, 0.2) is 0 Å². The summed E-state index contributed by atoms with van der Waals surface area (Å²) < 4.78 is 0. The lowest BCUT2D eigenvalue weighted by atomic mass is 10.1. The summed E-state index contributed by atoms with van der Waals surface area (Å²) in [6.07, 6.45) is 0.945. The van der Waals surface area contributed by atoms with Crippen molar-refractivity contribution in [2.75, 3.05) is 12.3 Å². The summed E-state index contributed by atoms with van der Waals surface area (Å²) in [7, 11) is 0. The maximum atomic E-state index is 12.4. The Morgan fingerprint density at radius 2 is 2.16 bits per heavy atom. The lowest BCUT2D eigenvalue weighted by molar-refractivity contribution is -0.383. The molecule has 1 aromatic rings. The first-order valence-corrected chi connectivity index (χ1v) is 6.25. The van der Waals surface area contributed by atoms with Crippen LogP contribution in [0.2, 0.25) is 0 Å². The highest BCUT2D eigenvalue weighted by Crippen LogP contribution is 2.29. The molecule has 1 fully saturated rings. The number of anilines is 1. The molecule has 0 bridgehead atoms. The zero-order valence-electron chi connectivity index (χ0n) is 11.0. The monoisotopic (exact) mass is 263 g/mol. The number of nitrogens with two attached hydrogens (primary N) is 1. The van der Waals surface area contributed by atoms with E-state index in [0.717, 1.165) is 6.42 Å². The number of likely N-dealkylation sites (tertiary alicyclic amines) is 1. The highest BCUT2D eigenvalue weighted by atomic mass is 16.6. The zero-order chi connectivity index (χ0) is 14.2. The van der Waals surface area contributed by atoms with E-state index >= 15 is 0 Å². The Hall–Kier alpha value is -2.11. The number of nitrogens with zero attached hydrogens (tertiary/aromatic N) is 2. The molecular weight excluding hydrogens is 246 g/mol. The highest BCUT2D eigenvalue weighted by molar-refractivity contribution is 6.01. The molecule has 0 saturated carbocycles. The van der Waals surface area contributed by atoms with Gasteiger partial charge in [-0.15, -0.1) is 0 Å². The van der Waals surface area contributed by atoms with E-state index < -0.39 is 4.92 Å². The van der Waals surface area contributed by atoms with Gasteiger partial charge in [-0.1, -0.05) is 13.0 Å². The van der Waals surface area contributed by atoms with Gasteiger partial charge in [-0.3, -0.25) is 14.9 Å². The van der Waals surface area contributed by atoms with Gasteiger partial charge >= 0.3 is 0 Å². The van der Waals surface area contributed by atoms with Crippen molar-refractivity contribution in [1.82, 2.24) is 4.90 Å². The van der Waals surface area contributed by atoms with Gasteiger partial charge in [0.05, 0.1) is 10.5 Å². The normalized spacial score (nSPS) is 22.5. The van der Waals surface area contributed by atoms with Crippen LogP contribution >= 0.6 is 0 Å². The summed E-state index contributed by atoms with van der Waals surface area (Å²) >= 11 is 0. The molecule has 1 amide bonds. The summed E-state index contributed by atoms with van der Waals surface area (Å²) in [5.41, 5.74) is 5.69. The summed E-state index contributed by atoms with van der Waals surface area (Å²) in [6.45, 7) is 4.73. The molecule has 6 heteroatoms. The fourth-order valence-corrected chi connectivity index (χ4v) is 2.64. The molecule has 2 atom stereocenters. The lowest BCUT2D eigenvalue weighted by Gasteiger charge is -2.22. The molecule has 0 radical (unpaired) electrons. The maximum Gasteiger partial charge on any atom is 0.292 e. The minimum Gasteiger partial charge on any atom is -0.393 e. The Bertz CT molecular complexity index is 530. The van der Waals surface area contributed by atoms with Gasteiger partial charge in [0, 0.05) is 18.7 Å². The van der Waals surface area contributed by atoms with Crippen LogP contribution in [0.15, 0.2) is 18.2 Å². The number of para-hydroxylation sites is 1. The second kappa shape index (κ2) is 4.87. The Morgan fingerprint density at radius 1 is 1.47 bits per heavy atom. The number of hydrogen-bond acceptors (Lipinski definition) is 4. The first-order chi connectivity index (χ1) is 8.91. The van der Waals surface area contributed by atoms with Crippen LogP contribution in [0.1, 0.15) is 30.6 Å². The van der Waals surface area contributed by atoms with E-state index in [9.17, 15) is 14.9 Å². The van der Waals surface area contributed by atoms with E-state index in [1.165, 1.54) is 12.1 Å². The molecule has 0 aliphatic carbocycles. The van der Waals surface area contributed by atoms with Crippen LogP contribution in [0.5, 0.6) is 0 Å². The topological polar surface area (TPSA) is 89.5 Å². The van der Waals surface area contributed by atoms with Crippen LogP contribution in [0.25, 0.3) is 0 Å². The largest absolute Gasteiger partial charge is 0.393 e. The molecule has 102 valence electrons. The average molecular weight is 263 g/mol. The predicted octanol–water partition coefficient (Wildman–Crippen LogP) is 2.05. The molecule has 1 heterocycles. The third kappa shape index (κ3) is 2.38. The molecule has 0 spiro atoms. The number of benzene rings is 1. The standard InChI is InChI=1S/C13H17N3O3/c1-8-6-9(2)15(7-8)13(17)10-4-3-5-11(12(10)14)16(18)19/h3-5,8-9H,6-7,14H2,1-2H3. The van der Waals surface area contributed by atoms with E-state index in [2.05, 4.69) is 6.92 Å². The van der Waals surface area contributed by atoms with Gasteiger partial charge < -0.3 is 10.6 Å². The molecule has 2 unspecified atom stereocenters. The van der Waals surface area contributed by atoms with Crippen LogP contribution < -0.4 is 5.73 Å². The smallest absolute Gasteiger partial charge is 0.292 e. The number of carbonyl (C=O) groups excluding carboxylic acids is 1. The highest BCUT2D eigenvalue weighted by Gasteiger charge is 2.32. The predicted molar refractivity (Wildman–Crippen MR) is 71.8 cm³/mol. The summed E-state index contributed by atoms with van der Waals surface area (Å²) in [5, 5.41) is 10.8. The minimum absolute atomic E-state index is 0.0516. The number of carbonyl (C=O) groups is 1. The van der Waals surface area contributed by atoms with Crippen molar-refractivity contribution in [3.8, 4) is 0 Å². The van der Waals surface area contributed by atoms with Gasteiger partial charge in [-0.2, -0.15) is 0 Å². The van der Waals surface area contributed by atoms with Crippen LogP contribution in [0.3, 0.4) is 0 Å². The van der Waals surface area contributed by atoms with Crippen molar-refractivity contribution >= 4 is 17.3 Å². The van der Waals surface area contributed by atoms with Crippen molar-refractivity contribution in [2.45, 2.75) is 26.3 Å². The van der Waals surface area contributed by atoms with E-state index in [0.29, 0.717) is 12.5 Å². The molecule has 2 N–H and O–H groups in total. The molecule has 2 rings (SSSR count). The van der Waals surface area contributed by atoms with Crippen LogP contribution in [-0.2, 0) is 0 Å². The third-order valence-corrected chi connectivity index (χ3v) is 3.55. The second-order valence-electron chi connectivity index (χ2n) is 5.14. The van der Waals surface area contributed by atoms with Crippen molar-refractivity contribution in [3.05, 3.63) is 33.9 Å². The van der Waals surface area contributed by atoms with Crippen molar-refractivity contribution in [2.24, 2.45) is 5.92 Å². The fourth-order valence-electron chi connectivity index (χ4n) is 2.64. The third-order valence-electron chi connectivity index (χ3n) is 3.55. The zero-order valence-corrected chi connectivity index (χ0v) is 11.0. The molecule has 0 aromatic heterocycles. The van der Waals surface area contributed by atoms with Crippen LogP contribution in [0, 0.1) is 16.0 Å². The molecular formula is C13H17N3O3. The van der Waals surface area contributed by atoms with E-state index in [4.69, 9.17) is 5.73 Å². The van der Waals surface area contributed by atoms with E-state index in [-0.39, 0.29) is 28.9 Å². The first-order valence-electron chi connectivity index (χ1n) is 6.25. The van der Waals surface area contributed by atoms with E-state index in [1.54, 1.807) is 11.0 Å². The van der Waals surface area contributed by atoms with Crippen molar-refractivity contribution in [1.29, 1.82) is 0 Å². The van der Waals surface area contributed by atoms with Gasteiger partial charge in [0.25, 0.3) is 11.6 Å². The molecule has 19 heavy (non-hydrogen) atoms. The minimum atomic E-state index is -0.567. The van der Waals surface area contributed by atoms with Crippen LogP contribution in [-0.4, -0.2) is 28.3 Å². The van der Waals surface area contributed by atoms with E-state index in [1.807, 2.05) is 6.92 Å². The molecule has 1 saturated heterocycles. The number of rotatable bonds is 2. The Balaban J connectivity index is 2.35. The van der Waals surface area contributed by atoms with Gasteiger partial charge in [0.1, 0.15) is 5.69 Å². The molecule has 1 aromatic carbocycles. The molecule has 1 aliphatic heterocycles. The second-order valence-corrected chi connectivity index (χ2v) is 5.14. The van der Waals surface area contributed by atoms with Crippen molar-refractivity contribution in [3.63, 3.8) is 0 Å². The lowest BCUT2D eigenvalue weighted by Crippen LogP contribution is -2.34. The summed E-state index contributed by atoms with van der Waals surface area (Å²) in [4.78, 5) is 24.4. The first kappa shape index (κ1) is 13.3. The van der Waals surface area contributed by atoms with Gasteiger partial charge in [-0.05, 0) is 25.3 Å². The maximum absolute atomic E-state index is 12.4. The van der Waals surface area contributed by atoms with Gasteiger partial charge in [-0.25, -0.2) is 0 Å². The number of amides is 1. The van der Waals surface area contributed by atoms with Crippen LogP contribution in [0.4, 0.5) is 11.4 Å². The SMILES string of the molecule is CC1CC(C)N(C(=O)c2cccc([N+](=O)[O-])c2N)C1. The number of nitro groups is 1. The quantitative estimate of drug-likeness (QED) is 0.502. The molecule has 1 aliphatic rings. The summed E-state index contributed by atoms with van der Waals surface area (Å²) in [6, 6.07) is 4.48. The van der Waals surface area contributed by atoms with Crippen molar-refractivity contribution < 1.29 is 9.72 Å². The number of nitrogen functional groups attached to an aromatic ring is 1. The molecule has 6 nitrogen and oxygen atoms in total. The fraction of sp³-hybridized carbons (Fsp3) is 0.462. The Kier molecular flexibility index (Phi) is 3.42. The van der Waals surface area contributed by atoms with Gasteiger partial charge in [0.2, 0.25) is 0 Å². The summed E-state index contributed by atoms with van der Waals surface area (Å²) in [5.74, 6) is 0.219. The number of hydrogen-bond donors (Lipinski definition) is 1. The number of nitro benzene ring substituents is 1. The average Bonchev–Trinajstić information content (AvgIpc) is 2.67. The Morgan fingerprint density at radius 3 is 2.68 bits per heavy atom. The Labute approximate surface area is 111 Å².